The van der Waals surface area contributed by atoms with Crippen LogP contribution in [0.25, 0.3) is 0 Å². The number of hydrogen-bond donors (Lipinski definition) is 1. The minimum Gasteiger partial charge on any atom is -0.388 e. The molecule has 2 heteroatoms. The van der Waals surface area contributed by atoms with Crippen molar-refractivity contribution in [1.82, 2.24) is 5.32 Å². The Labute approximate surface area is 79.0 Å². The second kappa shape index (κ2) is 4.65. The van der Waals surface area contributed by atoms with Crippen molar-refractivity contribution in [2.24, 2.45) is 5.92 Å². The molecule has 0 aromatic rings. The van der Waals surface area contributed by atoms with Gasteiger partial charge in [0.15, 0.2) is 0 Å². The lowest BCUT2D eigenvalue weighted by Gasteiger charge is -1.97. The second-order valence-electron chi connectivity index (χ2n) is 3.13. The molecule has 1 aliphatic rings. The first-order chi connectivity index (χ1) is 6.31. The van der Waals surface area contributed by atoms with Crippen LogP contribution < -0.4 is 5.32 Å². The molecule has 0 aromatic heterocycles. The molecule has 1 fully saturated rings. The van der Waals surface area contributed by atoms with Gasteiger partial charge in [-0.3, -0.25) is 4.79 Å². The molecule has 0 atom stereocenters. The SMILES string of the molecule is C=C/C(=C/C=C(\C=O)C1CC1)NC. The van der Waals surface area contributed by atoms with Crippen LogP contribution in [0.5, 0.6) is 0 Å². The van der Waals surface area contributed by atoms with E-state index in [0.29, 0.717) is 5.92 Å². The quantitative estimate of drug-likeness (QED) is 0.394. The van der Waals surface area contributed by atoms with E-state index >= 15 is 0 Å². The van der Waals surface area contributed by atoms with Crippen LogP contribution in [0, 0.1) is 5.92 Å². The smallest absolute Gasteiger partial charge is 0.146 e. The highest BCUT2D eigenvalue weighted by Gasteiger charge is 2.24. The first kappa shape index (κ1) is 9.78. The Morgan fingerprint density at radius 1 is 1.46 bits per heavy atom. The summed E-state index contributed by atoms with van der Waals surface area (Å²) in [4.78, 5) is 10.6. The molecule has 0 heterocycles. The Kier molecular flexibility index (Phi) is 3.50. The van der Waals surface area contributed by atoms with Crippen LogP contribution in [0.3, 0.4) is 0 Å². The molecule has 2 nitrogen and oxygen atoms in total. The highest BCUT2D eigenvalue weighted by molar-refractivity contribution is 5.75. The van der Waals surface area contributed by atoms with E-state index in [0.717, 1.165) is 30.4 Å². The van der Waals surface area contributed by atoms with Crippen LogP contribution in [-0.2, 0) is 4.79 Å². The third kappa shape index (κ3) is 2.90. The predicted molar refractivity (Wildman–Crippen MR) is 54.2 cm³/mol. The zero-order valence-electron chi connectivity index (χ0n) is 7.92. The molecule has 1 saturated carbocycles. The molecule has 0 aromatic carbocycles. The zero-order valence-corrected chi connectivity index (χ0v) is 7.92. The van der Waals surface area contributed by atoms with Crippen LogP contribution in [0.4, 0.5) is 0 Å². The van der Waals surface area contributed by atoms with Gasteiger partial charge in [0.05, 0.1) is 0 Å². The molecule has 0 unspecified atom stereocenters. The van der Waals surface area contributed by atoms with Gasteiger partial charge in [-0.05, 0) is 36.5 Å². The fourth-order valence-corrected chi connectivity index (χ4v) is 1.13. The summed E-state index contributed by atoms with van der Waals surface area (Å²) in [6.45, 7) is 3.65. The Morgan fingerprint density at radius 3 is 2.54 bits per heavy atom. The van der Waals surface area contributed by atoms with Crippen molar-refractivity contribution in [3.05, 3.63) is 36.1 Å². The summed E-state index contributed by atoms with van der Waals surface area (Å²) < 4.78 is 0. The van der Waals surface area contributed by atoms with Crippen molar-refractivity contribution in [2.45, 2.75) is 12.8 Å². The van der Waals surface area contributed by atoms with Gasteiger partial charge >= 0.3 is 0 Å². The van der Waals surface area contributed by atoms with Gasteiger partial charge < -0.3 is 5.32 Å². The van der Waals surface area contributed by atoms with Gasteiger partial charge in [-0.2, -0.15) is 0 Å². The van der Waals surface area contributed by atoms with E-state index in [1.54, 1.807) is 6.08 Å². The molecule has 0 saturated heterocycles. The van der Waals surface area contributed by atoms with Crippen LogP contribution in [0.2, 0.25) is 0 Å². The number of allylic oxidation sites excluding steroid dienone is 4. The lowest BCUT2D eigenvalue weighted by Crippen LogP contribution is -2.02. The fraction of sp³-hybridized carbons (Fsp3) is 0.364. The van der Waals surface area contributed by atoms with Crippen molar-refractivity contribution in [2.75, 3.05) is 7.05 Å². The molecule has 0 amide bonds. The number of nitrogens with one attached hydrogen (secondary N) is 1. The monoisotopic (exact) mass is 177 g/mol. The maximum absolute atomic E-state index is 10.6. The largest absolute Gasteiger partial charge is 0.388 e. The van der Waals surface area contributed by atoms with E-state index in [2.05, 4.69) is 11.9 Å². The highest BCUT2D eigenvalue weighted by atomic mass is 16.1. The molecule has 1 aliphatic carbocycles. The first-order valence-electron chi connectivity index (χ1n) is 4.49. The summed E-state index contributed by atoms with van der Waals surface area (Å²) in [6, 6.07) is 0. The van der Waals surface area contributed by atoms with Crippen molar-refractivity contribution in [3.63, 3.8) is 0 Å². The third-order valence-corrected chi connectivity index (χ3v) is 2.15. The van der Waals surface area contributed by atoms with Gasteiger partial charge in [-0.25, -0.2) is 0 Å². The fourth-order valence-electron chi connectivity index (χ4n) is 1.13. The highest BCUT2D eigenvalue weighted by Crippen LogP contribution is 2.35. The summed E-state index contributed by atoms with van der Waals surface area (Å²) in [5, 5.41) is 2.97. The van der Waals surface area contributed by atoms with Crippen LogP contribution >= 0.6 is 0 Å². The van der Waals surface area contributed by atoms with E-state index in [1.165, 1.54) is 0 Å². The maximum Gasteiger partial charge on any atom is 0.146 e. The Hall–Kier alpha value is -1.31. The van der Waals surface area contributed by atoms with Gasteiger partial charge in [0.25, 0.3) is 0 Å². The predicted octanol–water partition coefficient (Wildman–Crippen LogP) is 1.81. The zero-order chi connectivity index (χ0) is 9.68. The molecule has 0 aliphatic heterocycles. The molecule has 70 valence electrons. The average molecular weight is 177 g/mol. The van der Waals surface area contributed by atoms with Crippen LogP contribution in [0.15, 0.2) is 36.1 Å². The summed E-state index contributed by atoms with van der Waals surface area (Å²) in [5.74, 6) is 0.511. The van der Waals surface area contributed by atoms with Crippen LogP contribution in [-0.4, -0.2) is 13.3 Å². The van der Waals surface area contributed by atoms with E-state index in [9.17, 15) is 4.79 Å². The normalized spacial score (nSPS) is 18.2. The summed E-state index contributed by atoms with van der Waals surface area (Å²) in [6.07, 6.45) is 8.74. The van der Waals surface area contributed by atoms with Crippen LogP contribution in [0.1, 0.15) is 12.8 Å². The number of rotatable bonds is 5. The second-order valence-corrected chi connectivity index (χ2v) is 3.13. The topological polar surface area (TPSA) is 29.1 Å². The van der Waals surface area contributed by atoms with Gasteiger partial charge in [0.1, 0.15) is 6.29 Å². The molecule has 1 rings (SSSR count). The van der Waals surface area contributed by atoms with Gasteiger partial charge in [-0.1, -0.05) is 12.7 Å². The van der Waals surface area contributed by atoms with E-state index < -0.39 is 0 Å². The van der Waals surface area contributed by atoms with E-state index in [-0.39, 0.29) is 0 Å². The number of aldehydes is 1. The Morgan fingerprint density at radius 2 is 2.15 bits per heavy atom. The van der Waals surface area contributed by atoms with E-state index in [4.69, 9.17) is 0 Å². The minimum atomic E-state index is 0.511. The molecule has 13 heavy (non-hydrogen) atoms. The van der Waals surface area contributed by atoms with Crippen molar-refractivity contribution < 1.29 is 4.79 Å². The van der Waals surface area contributed by atoms with Gasteiger partial charge in [0.2, 0.25) is 0 Å². The number of carbonyl (C=O) groups is 1. The first-order valence-corrected chi connectivity index (χ1v) is 4.49. The molecule has 0 bridgehead atoms. The van der Waals surface area contributed by atoms with Crippen molar-refractivity contribution in [3.8, 4) is 0 Å². The number of hydrogen-bond acceptors (Lipinski definition) is 2. The van der Waals surface area contributed by atoms with E-state index in [1.807, 2.05) is 19.2 Å². The van der Waals surface area contributed by atoms with Gasteiger partial charge in [-0.15, -0.1) is 0 Å². The van der Waals surface area contributed by atoms with Crippen molar-refractivity contribution >= 4 is 6.29 Å². The third-order valence-electron chi connectivity index (χ3n) is 2.15. The lowest BCUT2D eigenvalue weighted by atomic mass is 10.1. The summed E-state index contributed by atoms with van der Waals surface area (Å²) in [5.41, 5.74) is 1.83. The van der Waals surface area contributed by atoms with Gasteiger partial charge in [0, 0.05) is 12.7 Å². The lowest BCUT2D eigenvalue weighted by molar-refractivity contribution is -0.105. The molecule has 0 spiro atoms. The molecular weight excluding hydrogens is 162 g/mol. The molecule has 1 N–H and O–H groups in total. The summed E-state index contributed by atoms with van der Waals surface area (Å²) >= 11 is 0. The Bertz CT molecular complexity index is 259. The number of likely N-dealkylation sites (N-methyl/N-ethyl adjacent to an activating group) is 1. The number of carbonyl (C=O) groups excluding carboxylic acids is 1. The maximum atomic E-state index is 10.6. The summed E-state index contributed by atoms with van der Waals surface area (Å²) in [7, 11) is 1.83. The minimum absolute atomic E-state index is 0.511. The molecular formula is C11H15NO. The average Bonchev–Trinajstić information content (AvgIpc) is 2.96. The Balaban J connectivity index is 2.65. The van der Waals surface area contributed by atoms with Crippen molar-refractivity contribution in [1.29, 1.82) is 0 Å². The molecule has 0 radical (unpaired) electrons. The standard InChI is InChI=1S/C11H15NO/c1-3-11(12-2)7-6-10(8-13)9-4-5-9/h3,6-9,12H,1,4-5H2,2H3/b10-6+,11-7-.